The van der Waals surface area contributed by atoms with Crippen LogP contribution in [0.5, 0.6) is 5.75 Å². The van der Waals surface area contributed by atoms with Gasteiger partial charge in [-0.1, -0.05) is 78.9 Å². The third-order valence-corrected chi connectivity index (χ3v) is 8.14. The first-order valence-corrected chi connectivity index (χ1v) is 12.2. The normalized spacial score (nSPS) is 24.3. The van der Waals surface area contributed by atoms with Crippen LogP contribution in [0.15, 0.2) is 84.9 Å². The monoisotopic (exact) mass is 457 g/mol. The molecule has 0 radical (unpaired) electrons. The molecule has 3 aromatic rings. The summed E-state index contributed by atoms with van der Waals surface area (Å²) < 4.78 is 20.9. The van der Waals surface area contributed by atoms with Crippen molar-refractivity contribution >= 4 is 5.91 Å². The van der Waals surface area contributed by atoms with Crippen molar-refractivity contribution in [1.29, 1.82) is 0 Å². The van der Waals surface area contributed by atoms with Gasteiger partial charge in [0.25, 0.3) is 0 Å². The number of para-hydroxylation sites is 1. The second-order valence-corrected chi connectivity index (χ2v) is 9.74. The fourth-order valence-corrected chi connectivity index (χ4v) is 6.45. The average Bonchev–Trinajstić information content (AvgIpc) is 3.36. The number of rotatable bonds is 5. The SMILES string of the molecule is COc1ccccc1[C@H](C)C(=O)N1C[C@@H]2[C@H](F)CCC(c3ccccc3)(c3ccccc3)[C@@H]2C1. The molecular formula is C30H32FNO2. The average molecular weight is 458 g/mol. The zero-order valence-electron chi connectivity index (χ0n) is 19.9. The Balaban J connectivity index is 1.52. The lowest BCUT2D eigenvalue weighted by Crippen LogP contribution is -2.47. The van der Waals surface area contributed by atoms with E-state index in [0.29, 0.717) is 25.3 Å². The summed E-state index contributed by atoms with van der Waals surface area (Å²) in [5, 5.41) is 0. The van der Waals surface area contributed by atoms with Crippen molar-refractivity contribution in [3.8, 4) is 5.75 Å². The lowest BCUT2D eigenvalue weighted by Gasteiger charge is -2.47. The minimum atomic E-state index is -0.898. The number of hydrogen-bond donors (Lipinski definition) is 0. The Bertz CT molecular complexity index is 1090. The molecule has 1 heterocycles. The molecule has 2 fully saturated rings. The van der Waals surface area contributed by atoms with E-state index in [1.807, 2.05) is 48.2 Å². The maximum absolute atomic E-state index is 15.4. The van der Waals surface area contributed by atoms with Gasteiger partial charge in [0, 0.05) is 30.0 Å². The van der Waals surface area contributed by atoms with E-state index >= 15 is 4.39 Å². The molecule has 0 unspecified atom stereocenters. The van der Waals surface area contributed by atoms with Crippen LogP contribution in [0.4, 0.5) is 4.39 Å². The van der Waals surface area contributed by atoms with E-state index in [9.17, 15) is 4.79 Å². The zero-order valence-corrected chi connectivity index (χ0v) is 19.9. The molecule has 1 aliphatic heterocycles. The number of alkyl halides is 1. The van der Waals surface area contributed by atoms with Crippen molar-refractivity contribution in [3.63, 3.8) is 0 Å². The summed E-state index contributed by atoms with van der Waals surface area (Å²) in [6.07, 6.45) is 0.354. The number of halogens is 1. The predicted molar refractivity (Wildman–Crippen MR) is 133 cm³/mol. The predicted octanol–water partition coefficient (Wildman–Crippen LogP) is 5.99. The molecular weight excluding hydrogens is 425 g/mol. The standard InChI is InChI=1S/C30H32FNO2/c1-21(24-15-9-10-16-28(24)34-2)29(33)32-19-25-26(20-32)30(18-17-27(25)31,22-11-5-3-6-12-22)23-13-7-4-8-14-23/h3-16,21,25-27H,17-20H2,1-2H3/t21-,25-,26+,27+/m0/s1. The number of carbonyl (C=O) groups is 1. The van der Waals surface area contributed by atoms with Crippen LogP contribution in [0.3, 0.4) is 0 Å². The summed E-state index contributed by atoms with van der Waals surface area (Å²) in [7, 11) is 1.63. The van der Waals surface area contributed by atoms with Crippen molar-refractivity contribution in [2.75, 3.05) is 20.2 Å². The van der Waals surface area contributed by atoms with Crippen LogP contribution in [0, 0.1) is 11.8 Å². The molecule has 3 aromatic carbocycles. The first-order valence-electron chi connectivity index (χ1n) is 12.2. The Hall–Kier alpha value is -3.14. The highest BCUT2D eigenvalue weighted by Gasteiger charge is 2.55. The van der Waals surface area contributed by atoms with Crippen LogP contribution in [0.2, 0.25) is 0 Å². The number of likely N-dealkylation sites (tertiary alicyclic amines) is 1. The Morgan fingerprint density at radius 3 is 2.15 bits per heavy atom. The van der Waals surface area contributed by atoms with Crippen molar-refractivity contribution in [2.45, 2.75) is 37.3 Å². The van der Waals surface area contributed by atoms with Crippen molar-refractivity contribution in [2.24, 2.45) is 11.8 Å². The van der Waals surface area contributed by atoms with Crippen molar-refractivity contribution in [1.82, 2.24) is 4.90 Å². The van der Waals surface area contributed by atoms with Gasteiger partial charge in [0.1, 0.15) is 11.9 Å². The lowest BCUT2D eigenvalue weighted by molar-refractivity contribution is -0.131. The largest absolute Gasteiger partial charge is 0.496 e. The molecule has 176 valence electrons. The maximum Gasteiger partial charge on any atom is 0.229 e. The van der Waals surface area contributed by atoms with E-state index in [1.165, 1.54) is 11.1 Å². The molecule has 2 aliphatic rings. The number of fused-ring (bicyclic) bond motifs is 1. The van der Waals surface area contributed by atoms with Crippen LogP contribution >= 0.6 is 0 Å². The fourth-order valence-electron chi connectivity index (χ4n) is 6.45. The van der Waals surface area contributed by atoms with E-state index in [2.05, 4.69) is 48.5 Å². The maximum atomic E-state index is 15.4. The second kappa shape index (κ2) is 9.25. The minimum Gasteiger partial charge on any atom is -0.496 e. The highest BCUT2D eigenvalue weighted by molar-refractivity contribution is 5.84. The summed E-state index contributed by atoms with van der Waals surface area (Å²) in [4.78, 5) is 15.6. The van der Waals surface area contributed by atoms with Gasteiger partial charge in [0.2, 0.25) is 5.91 Å². The third kappa shape index (κ3) is 3.70. The minimum absolute atomic E-state index is 0.0230. The van der Waals surface area contributed by atoms with Gasteiger partial charge in [-0.25, -0.2) is 4.39 Å². The third-order valence-electron chi connectivity index (χ3n) is 8.14. The van der Waals surface area contributed by atoms with Crippen LogP contribution in [0.1, 0.15) is 42.4 Å². The summed E-state index contributed by atoms with van der Waals surface area (Å²) in [5.74, 6) is 0.252. The number of ether oxygens (including phenoxy) is 1. The van der Waals surface area contributed by atoms with Gasteiger partial charge in [-0.05, 0) is 42.9 Å². The quantitative estimate of drug-likeness (QED) is 0.471. The topological polar surface area (TPSA) is 29.5 Å². The molecule has 34 heavy (non-hydrogen) atoms. The van der Waals surface area contributed by atoms with E-state index in [-0.39, 0.29) is 29.1 Å². The molecule has 5 rings (SSSR count). The van der Waals surface area contributed by atoms with E-state index < -0.39 is 6.17 Å². The van der Waals surface area contributed by atoms with Gasteiger partial charge in [-0.3, -0.25) is 4.79 Å². The highest BCUT2D eigenvalue weighted by atomic mass is 19.1. The number of benzene rings is 3. The molecule has 4 heteroatoms. The van der Waals surface area contributed by atoms with Gasteiger partial charge in [-0.2, -0.15) is 0 Å². The summed E-state index contributed by atoms with van der Waals surface area (Å²) in [6, 6.07) is 28.7. The molecule has 1 amide bonds. The first-order chi connectivity index (χ1) is 16.6. The lowest BCUT2D eigenvalue weighted by atomic mass is 9.56. The molecule has 0 N–H and O–H groups in total. The van der Waals surface area contributed by atoms with Gasteiger partial charge < -0.3 is 9.64 Å². The van der Waals surface area contributed by atoms with E-state index in [4.69, 9.17) is 4.74 Å². The second-order valence-electron chi connectivity index (χ2n) is 9.74. The molecule has 1 saturated heterocycles. The van der Waals surface area contributed by atoms with Crippen molar-refractivity contribution in [3.05, 3.63) is 102 Å². The van der Waals surface area contributed by atoms with Crippen LogP contribution in [-0.2, 0) is 10.2 Å². The molecule has 0 aromatic heterocycles. The highest BCUT2D eigenvalue weighted by Crippen LogP contribution is 2.54. The van der Waals surface area contributed by atoms with Gasteiger partial charge in [0.05, 0.1) is 13.0 Å². The van der Waals surface area contributed by atoms with Crippen LogP contribution in [-0.4, -0.2) is 37.2 Å². The Morgan fingerprint density at radius 1 is 0.941 bits per heavy atom. The molecule has 0 spiro atoms. The number of hydrogen-bond acceptors (Lipinski definition) is 2. The van der Waals surface area contributed by atoms with Gasteiger partial charge in [0.15, 0.2) is 0 Å². The van der Waals surface area contributed by atoms with Gasteiger partial charge in [-0.15, -0.1) is 0 Å². The smallest absolute Gasteiger partial charge is 0.229 e. The van der Waals surface area contributed by atoms with Gasteiger partial charge >= 0.3 is 0 Å². The number of carbonyl (C=O) groups excluding carboxylic acids is 1. The fraction of sp³-hybridized carbons (Fsp3) is 0.367. The Labute approximate surface area is 201 Å². The molecule has 1 aliphatic carbocycles. The molecule has 4 atom stereocenters. The van der Waals surface area contributed by atoms with E-state index in [0.717, 1.165) is 12.0 Å². The van der Waals surface area contributed by atoms with E-state index in [1.54, 1.807) is 7.11 Å². The number of methoxy groups -OCH3 is 1. The molecule has 1 saturated carbocycles. The Kier molecular flexibility index (Phi) is 6.16. The first kappa shape index (κ1) is 22.6. The van der Waals surface area contributed by atoms with Crippen molar-refractivity contribution < 1.29 is 13.9 Å². The summed E-state index contributed by atoms with van der Waals surface area (Å²) in [5.41, 5.74) is 3.00. The summed E-state index contributed by atoms with van der Waals surface area (Å²) >= 11 is 0. The van der Waals surface area contributed by atoms with Crippen LogP contribution in [0.25, 0.3) is 0 Å². The Morgan fingerprint density at radius 2 is 1.53 bits per heavy atom. The zero-order chi connectivity index (χ0) is 23.7. The number of nitrogens with zero attached hydrogens (tertiary/aromatic N) is 1. The summed E-state index contributed by atoms with van der Waals surface area (Å²) in [6.45, 7) is 2.95. The number of amides is 1. The van der Waals surface area contributed by atoms with Crippen LogP contribution < -0.4 is 4.74 Å². The molecule has 0 bridgehead atoms. The molecule has 3 nitrogen and oxygen atoms in total.